The molecule has 8 rings (SSSR count). The molecule has 4 nitrogen and oxygen atoms in total. The Balaban J connectivity index is 0.000000182. The maximum Gasteiger partial charge on any atom is 0.0770 e. The summed E-state index contributed by atoms with van der Waals surface area (Å²) >= 11 is 0. The van der Waals surface area contributed by atoms with Crippen LogP contribution >= 0.6 is 0 Å². The van der Waals surface area contributed by atoms with Gasteiger partial charge in [-0.05, 0) is 76.9 Å². The van der Waals surface area contributed by atoms with Crippen molar-refractivity contribution in [2.24, 2.45) is 12.5 Å². The number of aromatic nitrogens is 4. The first kappa shape index (κ1) is 38.3. The number of imidazole rings is 1. The van der Waals surface area contributed by atoms with E-state index in [0.717, 1.165) is 51.2 Å². The molecule has 1 radical (unpaired) electrons. The summed E-state index contributed by atoms with van der Waals surface area (Å²) in [5.41, 5.74) is 13.6. The van der Waals surface area contributed by atoms with E-state index in [4.69, 9.17) is 10.1 Å². The molecule has 0 atom stereocenters. The van der Waals surface area contributed by atoms with Gasteiger partial charge in [-0.2, -0.15) is 29.4 Å². The summed E-state index contributed by atoms with van der Waals surface area (Å²) in [4.78, 5) is 4.70. The van der Waals surface area contributed by atoms with Gasteiger partial charge in [-0.15, -0.1) is 29.8 Å². The monoisotopic (exact) mass is 887 g/mol. The zero-order chi connectivity index (χ0) is 37.1. The first-order chi connectivity index (χ1) is 25.6. The number of halogens is 1. The van der Waals surface area contributed by atoms with E-state index in [1.54, 1.807) is 0 Å². The number of hydrogen-bond acceptors (Lipinski definition) is 2. The third-order valence-corrected chi connectivity index (χ3v) is 9.47. The average molecular weight is 887 g/mol. The molecular formula is C48H43FIrN4-2. The van der Waals surface area contributed by atoms with Gasteiger partial charge < -0.3 is 4.57 Å². The Kier molecular flexibility index (Phi) is 11.6. The van der Waals surface area contributed by atoms with E-state index in [9.17, 15) is 4.39 Å². The van der Waals surface area contributed by atoms with Crippen molar-refractivity contribution < 1.29 is 24.5 Å². The van der Waals surface area contributed by atoms with Gasteiger partial charge in [0.15, 0.2) is 0 Å². The molecule has 0 unspecified atom stereocenters. The zero-order valence-electron chi connectivity index (χ0n) is 31.5. The van der Waals surface area contributed by atoms with Crippen molar-refractivity contribution in [3.05, 3.63) is 174 Å². The molecule has 6 aromatic carbocycles. The Bertz CT molecular complexity index is 2470. The number of aryl methyl sites for hydroxylation is 3. The van der Waals surface area contributed by atoms with Gasteiger partial charge in [-0.25, -0.2) is 0 Å². The molecule has 0 aliphatic rings. The summed E-state index contributed by atoms with van der Waals surface area (Å²) in [5, 5.41) is 4.71. The van der Waals surface area contributed by atoms with Gasteiger partial charge in [0.2, 0.25) is 0 Å². The van der Waals surface area contributed by atoms with Gasteiger partial charge in [0.1, 0.15) is 0 Å². The molecule has 0 spiro atoms. The predicted molar refractivity (Wildman–Crippen MR) is 216 cm³/mol. The first-order valence-electron chi connectivity index (χ1n) is 18.0. The normalized spacial score (nSPS) is 11.2. The molecule has 0 aliphatic heterocycles. The number of benzene rings is 6. The summed E-state index contributed by atoms with van der Waals surface area (Å²) in [6.45, 7) is 10.8. The van der Waals surface area contributed by atoms with Crippen molar-refractivity contribution in [3.63, 3.8) is 0 Å². The molecule has 8 aromatic rings. The topological polar surface area (TPSA) is 35.6 Å². The minimum atomic E-state index is -0.264. The van der Waals surface area contributed by atoms with E-state index >= 15 is 0 Å². The fraction of sp³-hybridized carbons (Fsp3) is 0.167. The SMILES string of the molecule is CC(C)(C)Cc1c(-c2ccc(-c3ccccc3)cc2)cnn1-c1[c-]cccc1.Cc1cccc(C)c1-c1cc(-c2nc3ccccc3n2C)[c-]cc1F.[Ir]. The van der Waals surface area contributed by atoms with E-state index < -0.39 is 0 Å². The molecule has 273 valence electrons. The number of rotatable bonds is 6. The standard InChI is InChI=1S/C26H25N2.C22H18FN2.Ir/c1-26(2,3)18-25-24(19-27-28(25)23-12-8-5-9-13-23)22-16-14-21(15-17-22)20-10-6-4-7-11-20;1-14-7-6-8-15(2)21(14)17-13-16(11-12-18(17)23)22-24-19-9-4-5-10-20(19)25(22)3;/h4-12,14-17,19H,18H2,1-3H3;4-10,12-13H,1-3H3;/q2*-1;. The second kappa shape index (κ2) is 16.3. The Hall–Kier alpha value is -5.42. The molecule has 2 heterocycles. The minimum Gasteiger partial charge on any atom is -0.367 e. The summed E-state index contributed by atoms with van der Waals surface area (Å²) in [7, 11) is 1.97. The van der Waals surface area contributed by atoms with Crippen LogP contribution in [0.4, 0.5) is 4.39 Å². The molecule has 0 fully saturated rings. The Morgan fingerprint density at radius 3 is 2.02 bits per heavy atom. The van der Waals surface area contributed by atoms with E-state index in [0.29, 0.717) is 5.56 Å². The number of hydrogen-bond donors (Lipinski definition) is 0. The van der Waals surface area contributed by atoms with Gasteiger partial charge in [-0.3, -0.25) is 14.1 Å². The maximum atomic E-state index is 14.6. The van der Waals surface area contributed by atoms with Gasteiger partial charge in [0.05, 0.1) is 28.7 Å². The largest absolute Gasteiger partial charge is 0.367 e. The third kappa shape index (κ3) is 8.21. The molecule has 6 heteroatoms. The van der Waals surface area contributed by atoms with Crippen LogP contribution in [0.2, 0.25) is 0 Å². The first-order valence-corrected chi connectivity index (χ1v) is 18.0. The quantitative estimate of drug-likeness (QED) is 0.156. The number of para-hydroxylation sites is 3. The van der Waals surface area contributed by atoms with Crippen molar-refractivity contribution >= 4 is 11.0 Å². The molecule has 0 bridgehead atoms. The zero-order valence-corrected chi connectivity index (χ0v) is 33.9. The van der Waals surface area contributed by atoms with Crippen LogP contribution in [0.3, 0.4) is 0 Å². The Labute approximate surface area is 331 Å². The van der Waals surface area contributed by atoms with Crippen molar-refractivity contribution in [2.45, 2.75) is 41.0 Å². The van der Waals surface area contributed by atoms with Gasteiger partial charge in [0.25, 0.3) is 0 Å². The summed E-state index contributed by atoms with van der Waals surface area (Å²) in [5.74, 6) is 0.522. The fourth-order valence-corrected chi connectivity index (χ4v) is 6.90. The van der Waals surface area contributed by atoms with Crippen LogP contribution in [0.25, 0.3) is 61.5 Å². The average Bonchev–Trinajstić information content (AvgIpc) is 3.73. The number of fused-ring (bicyclic) bond motifs is 1. The predicted octanol–water partition coefficient (Wildman–Crippen LogP) is 12.1. The Morgan fingerprint density at radius 2 is 1.35 bits per heavy atom. The Morgan fingerprint density at radius 1 is 0.704 bits per heavy atom. The van der Waals surface area contributed by atoms with Gasteiger partial charge >= 0.3 is 0 Å². The van der Waals surface area contributed by atoms with Crippen molar-refractivity contribution in [3.8, 4) is 50.5 Å². The fourth-order valence-electron chi connectivity index (χ4n) is 6.90. The van der Waals surface area contributed by atoms with Crippen molar-refractivity contribution in [2.75, 3.05) is 0 Å². The van der Waals surface area contributed by atoms with Crippen LogP contribution in [-0.4, -0.2) is 19.3 Å². The van der Waals surface area contributed by atoms with Crippen molar-refractivity contribution in [1.29, 1.82) is 0 Å². The van der Waals surface area contributed by atoms with Crippen LogP contribution in [-0.2, 0) is 33.6 Å². The van der Waals surface area contributed by atoms with E-state index in [2.05, 4.69) is 87.5 Å². The summed E-state index contributed by atoms with van der Waals surface area (Å²) in [6, 6.07) is 50.9. The molecule has 0 saturated heterocycles. The molecular weight excluding hydrogens is 844 g/mol. The van der Waals surface area contributed by atoms with E-state index in [1.807, 2.05) is 109 Å². The van der Waals surface area contributed by atoms with Crippen LogP contribution in [0, 0.1) is 37.2 Å². The molecule has 54 heavy (non-hydrogen) atoms. The van der Waals surface area contributed by atoms with E-state index in [1.165, 1.54) is 34.0 Å². The molecule has 0 N–H and O–H groups in total. The second-order valence-corrected chi connectivity index (χ2v) is 14.7. The van der Waals surface area contributed by atoms with Crippen LogP contribution in [0.15, 0.2) is 140 Å². The minimum absolute atomic E-state index is 0. The van der Waals surface area contributed by atoms with Crippen LogP contribution in [0.1, 0.15) is 37.6 Å². The second-order valence-electron chi connectivity index (χ2n) is 14.7. The molecule has 0 aliphatic carbocycles. The number of nitrogens with zero attached hydrogens (tertiary/aromatic N) is 4. The maximum absolute atomic E-state index is 14.6. The van der Waals surface area contributed by atoms with Gasteiger partial charge in [-0.1, -0.05) is 111 Å². The van der Waals surface area contributed by atoms with Crippen LogP contribution < -0.4 is 0 Å². The summed E-state index contributed by atoms with van der Waals surface area (Å²) in [6.07, 6.45) is 2.92. The molecule has 0 saturated carbocycles. The van der Waals surface area contributed by atoms with E-state index in [-0.39, 0.29) is 31.3 Å². The molecule has 0 amide bonds. The van der Waals surface area contributed by atoms with Crippen LogP contribution in [0.5, 0.6) is 0 Å². The van der Waals surface area contributed by atoms with Gasteiger partial charge in [0, 0.05) is 38.5 Å². The molecule has 2 aromatic heterocycles. The smallest absolute Gasteiger partial charge is 0.0770 e. The third-order valence-electron chi connectivity index (χ3n) is 9.47. The summed E-state index contributed by atoms with van der Waals surface area (Å²) < 4.78 is 18.6. The van der Waals surface area contributed by atoms with Crippen molar-refractivity contribution in [1.82, 2.24) is 19.3 Å².